The van der Waals surface area contributed by atoms with Gasteiger partial charge in [-0.15, -0.1) is 0 Å². The van der Waals surface area contributed by atoms with Crippen molar-refractivity contribution in [2.45, 2.75) is 25.6 Å². The van der Waals surface area contributed by atoms with Crippen LogP contribution in [0.2, 0.25) is 0 Å². The third-order valence-corrected chi connectivity index (χ3v) is 4.06. The van der Waals surface area contributed by atoms with Crippen molar-refractivity contribution < 1.29 is 56.9 Å². The first-order valence-electron chi connectivity index (χ1n) is 6.07. The predicted molar refractivity (Wildman–Crippen MR) is 69.6 cm³/mol. The van der Waals surface area contributed by atoms with Crippen LogP contribution < -0.4 is 34.9 Å². The van der Waals surface area contributed by atoms with Gasteiger partial charge in [-0.25, -0.2) is 17.5 Å². The first-order chi connectivity index (χ1) is 9.80. The van der Waals surface area contributed by atoms with Gasteiger partial charge in [0, 0.05) is 0 Å². The number of nitrogens with one attached hydrogen (secondary N) is 1. The molecule has 1 saturated heterocycles. The van der Waals surface area contributed by atoms with Gasteiger partial charge in [0.25, 0.3) is 5.91 Å². The van der Waals surface area contributed by atoms with E-state index < -0.39 is 34.4 Å². The number of rotatable bonds is 4. The zero-order valence-electron chi connectivity index (χ0n) is 12.1. The molecule has 1 aromatic rings. The summed E-state index contributed by atoms with van der Waals surface area (Å²) in [6.45, 7) is 1.37. The number of amides is 2. The van der Waals surface area contributed by atoms with Gasteiger partial charge < -0.3 is 14.6 Å². The number of carbonyl (C=O) groups is 2. The zero-order valence-corrected chi connectivity index (χ0v) is 14.9. The Hall–Kier alpha value is -1.13. The monoisotopic (exact) mass is 336 g/mol. The van der Waals surface area contributed by atoms with Crippen molar-refractivity contribution in [3.05, 3.63) is 35.9 Å². The molecule has 1 aliphatic heterocycles. The van der Waals surface area contributed by atoms with Crippen LogP contribution in [-0.4, -0.2) is 41.4 Å². The van der Waals surface area contributed by atoms with Crippen molar-refractivity contribution in [3.63, 3.8) is 0 Å². The Morgan fingerprint density at radius 1 is 1.36 bits per heavy atom. The van der Waals surface area contributed by atoms with E-state index in [4.69, 9.17) is 4.74 Å². The van der Waals surface area contributed by atoms with E-state index in [-0.39, 0.29) is 40.5 Å². The minimum atomic E-state index is -4.85. The second kappa shape index (κ2) is 7.42. The summed E-state index contributed by atoms with van der Waals surface area (Å²) in [6, 6.07) is 6.90. The molecule has 2 atom stereocenters. The standard InChI is InChI=1S/C12H14N2O6S.Na/c1-8-10(11(15)14(8)21(17,18)19)13-12(16)20-7-9-5-3-2-4-6-9;/h2-6,8,10H,7H2,1H3,(H,13,16)(H,17,18,19);/q;+1/p-1/t8-,10-;/m0./s1. The number of benzene rings is 1. The fraction of sp³-hybridized carbons (Fsp3) is 0.333. The average molecular weight is 336 g/mol. The van der Waals surface area contributed by atoms with Crippen LogP contribution in [0.4, 0.5) is 4.79 Å². The summed E-state index contributed by atoms with van der Waals surface area (Å²) in [5.74, 6) is -0.964. The van der Waals surface area contributed by atoms with E-state index in [9.17, 15) is 22.6 Å². The molecule has 1 aromatic carbocycles. The normalized spacial score (nSPS) is 20.6. The average Bonchev–Trinajstić information content (AvgIpc) is 2.42. The quantitative estimate of drug-likeness (QED) is 0.355. The minimum Gasteiger partial charge on any atom is -0.731 e. The molecule has 1 aliphatic rings. The molecule has 114 valence electrons. The summed E-state index contributed by atoms with van der Waals surface area (Å²) in [7, 11) is -4.85. The number of carbonyl (C=O) groups excluding carboxylic acids is 2. The van der Waals surface area contributed by atoms with E-state index in [0.29, 0.717) is 0 Å². The molecule has 1 N–H and O–H groups in total. The summed E-state index contributed by atoms with van der Waals surface area (Å²) in [5.41, 5.74) is 0.768. The van der Waals surface area contributed by atoms with Crippen LogP contribution >= 0.6 is 0 Å². The SMILES string of the molecule is C[C@H]1[C@H](NC(=O)OCc2ccccc2)C(=O)N1S(=O)(=O)[O-].[Na+]. The van der Waals surface area contributed by atoms with Gasteiger partial charge in [-0.1, -0.05) is 30.3 Å². The maximum atomic E-state index is 11.5. The van der Waals surface area contributed by atoms with Gasteiger partial charge in [0.15, 0.2) is 10.3 Å². The molecule has 2 rings (SSSR count). The number of ether oxygens (including phenoxy) is 1. The molecule has 2 amide bonds. The Balaban J connectivity index is 0.00000242. The molecule has 22 heavy (non-hydrogen) atoms. The largest absolute Gasteiger partial charge is 1.00 e. The third kappa shape index (κ3) is 4.20. The fourth-order valence-corrected chi connectivity index (χ4v) is 2.85. The van der Waals surface area contributed by atoms with Gasteiger partial charge in [-0.3, -0.25) is 4.79 Å². The topological polar surface area (TPSA) is 116 Å². The van der Waals surface area contributed by atoms with Crippen LogP contribution in [0.5, 0.6) is 0 Å². The molecule has 0 radical (unpaired) electrons. The smallest absolute Gasteiger partial charge is 0.731 e. The fourth-order valence-electron chi connectivity index (χ4n) is 1.99. The van der Waals surface area contributed by atoms with Crippen LogP contribution in [0, 0.1) is 0 Å². The molecule has 0 spiro atoms. The number of β-lactam (4-membered cyclic amide) rings is 1. The van der Waals surface area contributed by atoms with Gasteiger partial charge in [0.05, 0.1) is 6.04 Å². The Bertz CT molecular complexity index is 651. The van der Waals surface area contributed by atoms with Crippen molar-refractivity contribution in [1.82, 2.24) is 9.62 Å². The van der Waals surface area contributed by atoms with E-state index in [1.165, 1.54) is 6.92 Å². The number of alkyl carbamates (subject to hydrolysis) is 1. The molecule has 0 saturated carbocycles. The molecular formula is C12H13N2NaO6S. The van der Waals surface area contributed by atoms with Crippen LogP contribution in [0.3, 0.4) is 0 Å². The van der Waals surface area contributed by atoms with E-state index in [1.54, 1.807) is 24.3 Å². The Labute approximate surface area is 150 Å². The molecule has 0 bridgehead atoms. The van der Waals surface area contributed by atoms with Crippen molar-refractivity contribution >= 4 is 22.3 Å². The van der Waals surface area contributed by atoms with Gasteiger partial charge >= 0.3 is 35.7 Å². The molecule has 10 heteroatoms. The second-order valence-electron chi connectivity index (χ2n) is 4.52. The molecule has 0 unspecified atom stereocenters. The Morgan fingerprint density at radius 2 is 1.95 bits per heavy atom. The first-order valence-corrected chi connectivity index (χ1v) is 7.43. The van der Waals surface area contributed by atoms with E-state index in [2.05, 4.69) is 5.32 Å². The van der Waals surface area contributed by atoms with Gasteiger partial charge in [-0.2, -0.15) is 0 Å². The minimum absolute atomic E-state index is 0. The molecule has 8 nitrogen and oxygen atoms in total. The van der Waals surface area contributed by atoms with Crippen molar-refractivity contribution in [2.75, 3.05) is 0 Å². The van der Waals surface area contributed by atoms with Crippen LogP contribution in [0.1, 0.15) is 12.5 Å². The van der Waals surface area contributed by atoms with E-state index >= 15 is 0 Å². The summed E-state index contributed by atoms with van der Waals surface area (Å²) in [4.78, 5) is 23.0. The number of hydrogen-bond donors (Lipinski definition) is 1. The number of hydrogen-bond acceptors (Lipinski definition) is 6. The molecule has 0 aliphatic carbocycles. The molecule has 1 fully saturated rings. The Kier molecular flexibility index (Phi) is 6.38. The zero-order chi connectivity index (χ0) is 15.6. The van der Waals surface area contributed by atoms with E-state index in [0.717, 1.165) is 5.56 Å². The number of nitrogens with zero attached hydrogens (tertiary/aromatic N) is 1. The predicted octanol–water partition coefficient (Wildman–Crippen LogP) is -3.02. The second-order valence-corrected chi connectivity index (χ2v) is 5.76. The van der Waals surface area contributed by atoms with E-state index in [1.807, 2.05) is 6.07 Å². The van der Waals surface area contributed by atoms with Gasteiger partial charge in [-0.05, 0) is 12.5 Å². The first kappa shape index (κ1) is 18.9. The van der Waals surface area contributed by atoms with Crippen molar-refractivity contribution in [3.8, 4) is 0 Å². The maximum absolute atomic E-state index is 11.5. The summed E-state index contributed by atoms with van der Waals surface area (Å²) in [5, 5.41) is 2.23. The van der Waals surface area contributed by atoms with Gasteiger partial charge in [0.1, 0.15) is 12.6 Å². The summed E-state index contributed by atoms with van der Waals surface area (Å²) >= 11 is 0. The van der Waals surface area contributed by atoms with Gasteiger partial charge in [0.2, 0.25) is 0 Å². The van der Waals surface area contributed by atoms with Crippen LogP contribution in [0.15, 0.2) is 30.3 Å². The summed E-state index contributed by atoms with van der Waals surface area (Å²) in [6.07, 6.45) is -0.855. The van der Waals surface area contributed by atoms with Crippen LogP contribution in [-0.2, 0) is 26.4 Å². The molecular weight excluding hydrogens is 323 g/mol. The van der Waals surface area contributed by atoms with Crippen LogP contribution in [0.25, 0.3) is 0 Å². The maximum Gasteiger partial charge on any atom is 1.00 e. The van der Waals surface area contributed by atoms with Crippen molar-refractivity contribution in [1.29, 1.82) is 0 Å². The molecule has 0 aromatic heterocycles. The van der Waals surface area contributed by atoms with Crippen molar-refractivity contribution in [2.24, 2.45) is 0 Å². The Morgan fingerprint density at radius 3 is 2.45 bits per heavy atom. The third-order valence-electron chi connectivity index (χ3n) is 3.06. The summed E-state index contributed by atoms with van der Waals surface area (Å²) < 4.78 is 37.4. The molecule has 1 heterocycles.